The Balaban J connectivity index is 1.87. The second-order valence-corrected chi connectivity index (χ2v) is 5.86. The van der Waals surface area contributed by atoms with Crippen molar-refractivity contribution < 1.29 is 4.52 Å². The topological polar surface area (TPSA) is 50.4 Å². The number of hydrogen-bond acceptors (Lipinski definition) is 5. The third-order valence-electron chi connectivity index (χ3n) is 3.67. The Hall–Kier alpha value is -0.970. The van der Waals surface area contributed by atoms with Gasteiger partial charge in [0, 0.05) is 18.4 Å². The standard InChI is InChI=1S/C13H21N3OS/c1-4-13(5-2)8-15-12(18-9-13)14-7-11-6-10(3)17-16-11/h6H,4-5,7-9H2,1-3H3,(H,14,15). The van der Waals surface area contributed by atoms with Gasteiger partial charge >= 0.3 is 0 Å². The zero-order valence-electron chi connectivity index (χ0n) is 11.3. The Morgan fingerprint density at radius 1 is 1.44 bits per heavy atom. The molecule has 0 atom stereocenters. The molecule has 0 aliphatic carbocycles. The van der Waals surface area contributed by atoms with Crippen molar-refractivity contribution in [1.29, 1.82) is 0 Å². The molecule has 0 radical (unpaired) electrons. The first-order chi connectivity index (χ1) is 8.67. The van der Waals surface area contributed by atoms with Crippen molar-refractivity contribution in [3.05, 3.63) is 17.5 Å². The van der Waals surface area contributed by atoms with Crippen molar-refractivity contribution >= 4 is 16.9 Å². The number of amidine groups is 1. The Bertz CT molecular complexity index is 424. The van der Waals surface area contributed by atoms with E-state index in [1.165, 1.54) is 12.8 Å². The van der Waals surface area contributed by atoms with Crippen LogP contribution in [0.1, 0.15) is 38.1 Å². The van der Waals surface area contributed by atoms with Gasteiger partial charge in [0.15, 0.2) is 5.17 Å². The fraction of sp³-hybridized carbons (Fsp3) is 0.692. The van der Waals surface area contributed by atoms with E-state index >= 15 is 0 Å². The molecule has 2 rings (SSSR count). The molecule has 2 heterocycles. The van der Waals surface area contributed by atoms with Crippen molar-refractivity contribution in [2.75, 3.05) is 12.3 Å². The van der Waals surface area contributed by atoms with Gasteiger partial charge in [0.2, 0.25) is 0 Å². The van der Waals surface area contributed by atoms with Crippen LogP contribution in [0.2, 0.25) is 0 Å². The van der Waals surface area contributed by atoms with Crippen LogP contribution < -0.4 is 5.32 Å². The molecule has 18 heavy (non-hydrogen) atoms. The Morgan fingerprint density at radius 2 is 2.22 bits per heavy atom. The molecule has 1 aliphatic heterocycles. The second-order valence-electron chi connectivity index (χ2n) is 4.90. The summed E-state index contributed by atoms with van der Waals surface area (Å²) in [7, 11) is 0. The van der Waals surface area contributed by atoms with Gasteiger partial charge in [-0.25, -0.2) is 0 Å². The van der Waals surface area contributed by atoms with Crippen LogP contribution in [0.3, 0.4) is 0 Å². The number of nitrogens with zero attached hydrogens (tertiary/aromatic N) is 2. The monoisotopic (exact) mass is 267 g/mol. The summed E-state index contributed by atoms with van der Waals surface area (Å²) in [5.41, 5.74) is 1.33. The van der Waals surface area contributed by atoms with Crippen molar-refractivity contribution in [1.82, 2.24) is 10.5 Å². The van der Waals surface area contributed by atoms with Crippen molar-refractivity contribution in [2.45, 2.75) is 40.2 Å². The van der Waals surface area contributed by atoms with E-state index in [0.29, 0.717) is 12.0 Å². The maximum Gasteiger partial charge on any atom is 0.156 e. The summed E-state index contributed by atoms with van der Waals surface area (Å²) in [5, 5.41) is 8.32. The molecular formula is C13H21N3OS. The SMILES string of the molecule is CCC1(CC)CN=C(NCc2cc(C)on2)SC1. The van der Waals surface area contributed by atoms with Gasteiger partial charge in [0.05, 0.1) is 6.54 Å². The molecular weight excluding hydrogens is 246 g/mol. The van der Waals surface area contributed by atoms with E-state index in [9.17, 15) is 0 Å². The zero-order valence-corrected chi connectivity index (χ0v) is 12.1. The zero-order chi connectivity index (χ0) is 13.0. The minimum Gasteiger partial charge on any atom is -0.361 e. The van der Waals surface area contributed by atoms with Crippen LogP contribution in [0.25, 0.3) is 0 Å². The van der Waals surface area contributed by atoms with Gasteiger partial charge in [-0.05, 0) is 25.2 Å². The molecule has 0 spiro atoms. The second kappa shape index (κ2) is 5.78. The van der Waals surface area contributed by atoms with E-state index < -0.39 is 0 Å². The highest BCUT2D eigenvalue weighted by Crippen LogP contribution is 2.34. The molecule has 0 aromatic carbocycles. The van der Waals surface area contributed by atoms with Gasteiger partial charge in [-0.3, -0.25) is 4.99 Å². The number of aryl methyl sites for hydroxylation is 1. The summed E-state index contributed by atoms with van der Waals surface area (Å²) < 4.78 is 5.04. The minimum absolute atomic E-state index is 0.403. The number of rotatable bonds is 4. The quantitative estimate of drug-likeness (QED) is 0.911. The summed E-state index contributed by atoms with van der Waals surface area (Å²) in [6.45, 7) is 8.05. The van der Waals surface area contributed by atoms with Gasteiger partial charge in [-0.1, -0.05) is 30.8 Å². The lowest BCUT2D eigenvalue weighted by Crippen LogP contribution is -2.34. The highest BCUT2D eigenvalue weighted by Gasteiger charge is 2.29. The van der Waals surface area contributed by atoms with Crippen molar-refractivity contribution in [3.8, 4) is 0 Å². The maximum absolute atomic E-state index is 5.04. The van der Waals surface area contributed by atoms with Crippen LogP contribution in [0.15, 0.2) is 15.6 Å². The fourth-order valence-electron chi connectivity index (χ4n) is 2.00. The molecule has 100 valence electrons. The van der Waals surface area contributed by atoms with Gasteiger partial charge in [0.25, 0.3) is 0 Å². The van der Waals surface area contributed by atoms with Crippen LogP contribution >= 0.6 is 11.8 Å². The van der Waals surface area contributed by atoms with Crippen molar-refractivity contribution in [3.63, 3.8) is 0 Å². The van der Waals surface area contributed by atoms with Gasteiger partial charge < -0.3 is 9.84 Å². The first kappa shape index (κ1) is 13.5. The largest absolute Gasteiger partial charge is 0.361 e. The van der Waals surface area contributed by atoms with E-state index in [0.717, 1.165) is 28.9 Å². The highest BCUT2D eigenvalue weighted by molar-refractivity contribution is 8.13. The molecule has 0 saturated carbocycles. The van der Waals surface area contributed by atoms with E-state index in [4.69, 9.17) is 4.52 Å². The molecule has 0 amide bonds. The molecule has 0 unspecified atom stereocenters. The first-order valence-electron chi connectivity index (χ1n) is 6.51. The average molecular weight is 267 g/mol. The molecule has 1 aromatic heterocycles. The lowest BCUT2D eigenvalue weighted by Gasteiger charge is -2.33. The molecule has 1 N–H and O–H groups in total. The van der Waals surface area contributed by atoms with Gasteiger partial charge in [-0.2, -0.15) is 0 Å². The average Bonchev–Trinajstić information content (AvgIpc) is 2.83. The van der Waals surface area contributed by atoms with Crippen molar-refractivity contribution in [2.24, 2.45) is 10.4 Å². The summed E-state index contributed by atoms with van der Waals surface area (Å²) in [4.78, 5) is 4.66. The predicted octanol–water partition coefficient (Wildman–Crippen LogP) is 2.98. The molecule has 0 bridgehead atoms. The molecule has 0 saturated heterocycles. The third-order valence-corrected chi connectivity index (χ3v) is 4.97. The predicted molar refractivity (Wildman–Crippen MR) is 75.9 cm³/mol. The van der Waals surface area contributed by atoms with Gasteiger partial charge in [-0.15, -0.1) is 0 Å². The first-order valence-corrected chi connectivity index (χ1v) is 7.49. The highest BCUT2D eigenvalue weighted by atomic mass is 32.2. The summed E-state index contributed by atoms with van der Waals surface area (Å²) in [5.74, 6) is 2.00. The lowest BCUT2D eigenvalue weighted by atomic mass is 9.84. The van der Waals surface area contributed by atoms with E-state index in [2.05, 4.69) is 29.3 Å². The van der Waals surface area contributed by atoms with Crippen LogP contribution in [-0.4, -0.2) is 22.6 Å². The van der Waals surface area contributed by atoms with E-state index in [1.807, 2.05) is 24.8 Å². The molecule has 0 fully saturated rings. The van der Waals surface area contributed by atoms with E-state index in [-0.39, 0.29) is 0 Å². The Morgan fingerprint density at radius 3 is 2.72 bits per heavy atom. The molecule has 5 heteroatoms. The number of aromatic nitrogens is 1. The minimum atomic E-state index is 0.403. The Kier molecular flexibility index (Phi) is 4.32. The van der Waals surface area contributed by atoms with Crippen LogP contribution in [-0.2, 0) is 6.54 Å². The van der Waals surface area contributed by atoms with Crippen LogP contribution in [0, 0.1) is 12.3 Å². The van der Waals surface area contributed by atoms with Crippen LogP contribution in [0.4, 0.5) is 0 Å². The number of aliphatic imine (C=N–C) groups is 1. The number of thioether (sulfide) groups is 1. The number of nitrogens with one attached hydrogen (secondary N) is 1. The molecule has 1 aliphatic rings. The normalized spacial score (nSPS) is 18.5. The third kappa shape index (κ3) is 3.07. The molecule has 4 nitrogen and oxygen atoms in total. The summed E-state index contributed by atoms with van der Waals surface area (Å²) >= 11 is 1.83. The summed E-state index contributed by atoms with van der Waals surface area (Å²) in [6.07, 6.45) is 2.41. The number of hydrogen-bond donors (Lipinski definition) is 1. The maximum atomic E-state index is 5.04. The van der Waals surface area contributed by atoms with Crippen LogP contribution in [0.5, 0.6) is 0 Å². The fourth-order valence-corrected chi connectivity index (χ4v) is 3.28. The lowest BCUT2D eigenvalue weighted by molar-refractivity contribution is 0.318. The van der Waals surface area contributed by atoms with E-state index in [1.54, 1.807) is 0 Å². The smallest absolute Gasteiger partial charge is 0.156 e. The van der Waals surface area contributed by atoms with Gasteiger partial charge in [0.1, 0.15) is 11.5 Å². The summed E-state index contributed by atoms with van der Waals surface area (Å²) in [6, 6.07) is 1.95. The Labute approximate surface area is 113 Å². The molecule has 1 aromatic rings.